The zero-order valence-corrected chi connectivity index (χ0v) is 16.1. The quantitative estimate of drug-likeness (QED) is 0.748. The van der Waals surface area contributed by atoms with Crippen LogP contribution in [0, 0.1) is 0 Å². The number of nitrogens with one attached hydrogen (secondary N) is 2. The molecule has 27 heavy (non-hydrogen) atoms. The standard InChI is InChI=1S/C18H23N3O5S/c1-12(2)13-3-5-14(6-4-13)19-15(22)11-21-16(23)18(20-17(21)24)7-9-27(25,26)10-8-18/h3-6,12H,7-11H2,1-2H3,(H,19,22)(H,20,24). The average molecular weight is 393 g/mol. The minimum absolute atomic E-state index is 0.0364. The van der Waals surface area contributed by atoms with Crippen molar-refractivity contribution in [3.63, 3.8) is 0 Å². The molecule has 146 valence electrons. The maximum absolute atomic E-state index is 12.7. The van der Waals surface area contributed by atoms with Gasteiger partial charge in [0.2, 0.25) is 5.91 Å². The summed E-state index contributed by atoms with van der Waals surface area (Å²) in [5, 5.41) is 5.26. The number of hydrogen-bond donors (Lipinski definition) is 2. The summed E-state index contributed by atoms with van der Waals surface area (Å²) in [5.41, 5.74) is 0.507. The van der Waals surface area contributed by atoms with Crippen molar-refractivity contribution in [2.24, 2.45) is 0 Å². The van der Waals surface area contributed by atoms with Crippen molar-refractivity contribution in [2.45, 2.75) is 38.1 Å². The van der Waals surface area contributed by atoms with Crippen LogP contribution >= 0.6 is 0 Å². The fourth-order valence-electron chi connectivity index (χ4n) is 3.34. The van der Waals surface area contributed by atoms with Gasteiger partial charge in [0.15, 0.2) is 9.84 Å². The van der Waals surface area contributed by atoms with Crippen LogP contribution in [0.25, 0.3) is 0 Å². The third kappa shape index (κ3) is 3.97. The monoisotopic (exact) mass is 393 g/mol. The summed E-state index contributed by atoms with van der Waals surface area (Å²) in [4.78, 5) is 38.0. The number of sulfone groups is 1. The second kappa shape index (κ2) is 6.95. The van der Waals surface area contributed by atoms with Crippen molar-refractivity contribution < 1.29 is 22.8 Å². The molecule has 0 aromatic heterocycles. The third-order valence-electron chi connectivity index (χ3n) is 5.09. The summed E-state index contributed by atoms with van der Waals surface area (Å²) in [6.45, 7) is 3.72. The molecule has 4 amide bonds. The van der Waals surface area contributed by atoms with Crippen molar-refractivity contribution in [2.75, 3.05) is 23.4 Å². The first-order valence-corrected chi connectivity index (χ1v) is 10.7. The van der Waals surface area contributed by atoms with E-state index < -0.39 is 39.8 Å². The van der Waals surface area contributed by atoms with Gasteiger partial charge in [0, 0.05) is 5.69 Å². The largest absolute Gasteiger partial charge is 0.325 e. The van der Waals surface area contributed by atoms with Gasteiger partial charge < -0.3 is 10.6 Å². The highest BCUT2D eigenvalue weighted by Gasteiger charge is 2.53. The highest BCUT2D eigenvalue weighted by atomic mass is 32.2. The van der Waals surface area contributed by atoms with Gasteiger partial charge in [-0.2, -0.15) is 0 Å². The number of amides is 4. The number of imide groups is 1. The fraction of sp³-hybridized carbons (Fsp3) is 0.500. The molecule has 0 bridgehead atoms. The lowest BCUT2D eigenvalue weighted by molar-refractivity contribution is -0.134. The number of rotatable bonds is 4. The van der Waals surface area contributed by atoms with Crippen LogP contribution in [0.5, 0.6) is 0 Å². The molecule has 0 saturated carbocycles. The first-order chi connectivity index (χ1) is 12.6. The van der Waals surface area contributed by atoms with E-state index in [4.69, 9.17) is 0 Å². The molecule has 8 nitrogen and oxygen atoms in total. The average Bonchev–Trinajstić information content (AvgIpc) is 2.83. The van der Waals surface area contributed by atoms with Gasteiger partial charge in [-0.15, -0.1) is 0 Å². The van der Waals surface area contributed by atoms with E-state index in [2.05, 4.69) is 24.5 Å². The lowest BCUT2D eigenvalue weighted by Gasteiger charge is -2.30. The van der Waals surface area contributed by atoms with E-state index in [1.807, 2.05) is 12.1 Å². The molecular weight excluding hydrogens is 370 g/mol. The van der Waals surface area contributed by atoms with Crippen LogP contribution in [0.1, 0.15) is 38.2 Å². The van der Waals surface area contributed by atoms with Crippen molar-refractivity contribution in [1.29, 1.82) is 0 Å². The number of carbonyl (C=O) groups excluding carboxylic acids is 3. The smallest absolute Gasteiger partial charge is 0.325 e. The Balaban J connectivity index is 1.64. The zero-order valence-electron chi connectivity index (χ0n) is 15.3. The Hall–Kier alpha value is -2.42. The SMILES string of the molecule is CC(C)c1ccc(NC(=O)CN2C(=O)NC3(CCS(=O)(=O)CC3)C2=O)cc1. The molecule has 0 aliphatic carbocycles. The van der Waals surface area contributed by atoms with E-state index in [9.17, 15) is 22.8 Å². The van der Waals surface area contributed by atoms with Crippen molar-refractivity contribution in [1.82, 2.24) is 10.2 Å². The predicted octanol–water partition coefficient (Wildman–Crippen LogP) is 1.25. The number of hydrogen-bond acceptors (Lipinski definition) is 5. The van der Waals surface area contributed by atoms with Gasteiger partial charge in [0.25, 0.3) is 5.91 Å². The number of anilines is 1. The summed E-state index contributed by atoms with van der Waals surface area (Å²) in [7, 11) is -3.18. The molecular formula is C18H23N3O5S. The number of nitrogens with zero attached hydrogens (tertiary/aromatic N) is 1. The number of carbonyl (C=O) groups is 3. The Morgan fingerprint density at radius 2 is 1.78 bits per heavy atom. The van der Waals surface area contributed by atoms with Crippen LogP contribution in [0.15, 0.2) is 24.3 Å². The molecule has 0 radical (unpaired) electrons. The molecule has 1 aromatic rings. The van der Waals surface area contributed by atoms with Gasteiger partial charge in [-0.3, -0.25) is 14.5 Å². The van der Waals surface area contributed by atoms with Crippen LogP contribution < -0.4 is 10.6 Å². The molecule has 1 spiro atoms. The van der Waals surface area contributed by atoms with Crippen LogP contribution in [-0.2, 0) is 19.4 Å². The van der Waals surface area contributed by atoms with Gasteiger partial charge in [-0.25, -0.2) is 13.2 Å². The Morgan fingerprint density at radius 1 is 1.19 bits per heavy atom. The van der Waals surface area contributed by atoms with Gasteiger partial charge in [0.05, 0.1) is 11.5 Å². The predicted molar refractivity (Wildman–Crippen MR) is 100 cm³/mol. The molecule has 2 heterocycles. The van der Waals surface area contributed by atoms with Crippen molar-refractivity contribution in [3.05, 3.63) is 29.8 Å². The molecule has 2 N–H and O–H groups in total. The first-order valence-electron chi connectivity index (χ1n) is 8.86. The molecule has 2 saturated heterocycles. The lowest BCUT2D eigenvalue weighted by Crippen LogP contribution is -2.52. The molecule has 2 aliphatic rings. The van der Waals surface area contributed by atoms with Crippen molar-refractivity contribution >= 4 is 33.4 Å². The van der Waals surface area contributed by atoms with Gasteiger partial charge in [0.1, 0.15) is 12.1 Å². The second-order valence-electron chi connectivity index (χ2n) is 7.38. The van der Waals surface area contributed by atoms with Crippen molar-refractivity contribution in [3.8, 4) is 0 Å². The minimum atomic E-state index is -3.18. The van der Waals surface area contributed by atoms with E-state index in [0.717, 1.165) is 10.5 Å². The summed E-state index contributed by atoms with van der Waals surface area (Å²) < 4.78 is 23.2. The zero-order chi connectivity index (χ0) is 19.8. The van der Waals surface area contributed by atoms with Crippen LogP contribution in [0.2, 0.25) is 0 Å². The Labute approximate surface area is 158 Å². The summed E-state index contributed by atoms with van der Waals surface area (Å²) in [6.07, 6.45) is 0.0728. The highest BCUT2D eigenvalue weighted by molar-refractivity contribution is 7.91. The number of urea groups is 1. The summed E-state index contributed by atoms with van der Waals surface area (Å²) in [6, 6.07) is 6.69. The minimum Gasteiger partial charge on any atom is -0.325 e. The van der Waals surface area contributed by atoms with E-state index in [1.54, 1.807) is 12.1 Å². The van der Waals surface area contributed by atoms with Crippen LogP contribution in [0.3, 0.4) is 0 Å². The molecule has 1 aromatic carbocycles. The third-order valence-corrected chi connectivity index (χ3v) is 6.74. The Bertz CT molecular complexity index is 863. The summed E-state index contributed by atoms with van der Waals surface area (Å²) in [5.74, 6) is -0.956. The first kappa shape index (κ1) is 19.3. The maximum Gasteiger partial charge on any atom is 0.325 e. The second-order valence-corrected chi connectivity index (χ2v) is 9.68. The number of benzene rings is 1. The Morgan fingerprint density at radius 3 is 2.33 bits per heavy atom. The molecule has 2 aliphatic heterocycles. The van der Waals surface area contributed by atoms with E-state index in [0.29, 0.717) is 11.6 Å². The fourth-order valence-corrected chi connectivity index (χ4v) is 4.86. The normalized spacial score (nSPS) is 20.8. The van der Waals surface area contributed by atoms with E-state index >= 15 is 0 Å². The molecule has 9 heteroatoms. The van der Waals surface area contributed by atoms with E-state index in [-0.39, 0.29) is 24.3 Å². The summed E-state index contributed by atoms with van der Waals surface area (Å²) >= 11 is 0. The molecule has 0 unspecified atom stereocenters. The highest BCUT2D eigenvalue weighted by Crippen LogP contribution is 2.30. The lowest BCUT2D eigenvalue weighted by atomic mass is 9.92. The van der Waals surface area contributed by atoms with Gasteiger partial charge in [-0.05, 0) is 36.5 Å². The maximum atomic E-state index is 12.7. The molecule has 2 fully saturated rings. The molecule has 0 atom stereocenters. The van der Waals surface area contributed by atoms with Gasteiger partial charge >= 0.3 is 6.03 Å². The molecule has 3 rings (SSSR count). The van der Waals surface area contributed by atoms with Gasteiger partial charge in [-0.1, -0.05) is 26.0 Å². The Kier molecular flexibility index (Phi) is 4.98. The van der Waals surface area contributed by atoms with E-state index in [1.165, 1.54) is 0 Å². The topological polar surface area (TPSA) is 113 Å². The van der Waals surface area contributed by atoms with Crippen LogP contribution in [0.4, 0.5) is 10.5 Å². The van der Waals surface area contributed by atoms with Crippen LogP contribution in [-0.4, -0.2) is 54.8 Å².